The molecule has 3 nitrogen and oxygen atoms in total. The van der Waals surface area contributed by atoms with Gasteiger partial charge in [0.2, 0.25) is 0 Å². The molecular formula is C27H29ClFN3S. The SMILES string of the molecule is C=C=C(NCc1ccc(Cl)c(CNC(/C=C/c2nc3ccccc3s2)=C/CC)c1F)C(C)C. The van der Waals surface area contributed by atoms with Crippen molar-refractivity contribution in [2.75, 3.05) is 0 Å². The highest BCUT2D eigenvalue weighted by atomic mass is 35.5. The average Bonchev–Trinajstić information content (AvgIpc) is 3.21. The van der Waals surface area contributed by atoms with Crippen molar-refractivity contribution in [1.82, 2.24) is 15.6 Å². The number of fused-ring (bicyclic) bond motifs is 1. The van der Waals surface area contributed by atoms with Crippen LogP contribution in [-0.4, -0.2) is 4.98 Å². The van der Waals surface area contributed by atoms with Crippen LogP contribution < -0.4 is 10.6 Å². The predicted molar refractivity (Wildman–Crippen MR) is 140 cm³/mol. The third-order valence-electron chi connectivity index (χ3n) is 5.11. The molecule has 2 aromatic carbocycles. The minimum atomic E-state index is -0.305. The number of thiazole rings is 1. The van der Waals surface area contributed by atoms with Crippen LogP contribution in [0.15, 0.2) is 72.3 Å². The van der Waals surface area contributed by atoms with Crippen LogP contribution in [0.25, 0.3) is 16.3 Å². The molecular weight excluding hydrogens is 453 g/mol. The number of allylic oxidation sites excluding steroid dienone is 3. The number of hydrogen-bond acceptors (Lipinski definition) is 4. The summed E-state index contributed by atoms with van der Waals surface area (Å²) in [5.41, 5.74) is 6.62. The molecule has 0 aliphatic heterocycles. The van der Waals surface area contributed by atoms with E-state index >= 15 is 4.39 Å². The molecule has 3 rings (SSSR count). The van der Waals surface area contributed by atoms with E-state index in [1.165, 1.54) is 0 Å². The average molecular weight is 482 g/mol. The molecule has 33 heavy (non-hydrogen) atoms. The molecule has 3 aromatic rings. The van der Waals surface area contributed by atoms with Gasteiger partial charge in [0, 0.05) is 40.9 Å². The standard InChI is InChI=1S/C27H29ClFN3S/c1-5-9-20(13-15-26-32-24-10-7-8-11-25(24)33-26)30-17-21-22(28)14-12-19(27(21)29)16-31-23(6-2)18(3)4/h7-15,18,30-31H,2,5,16-17H2,1,3-4H3/b15-13+,20-9+. The molecule has 0 aliphatic rings. The lowest BCUT2D eigenvalue weighted by Crippen LogP contribution is -2.19. The highest BCUT2D eigenvalue weighted by Crippen LogP contribution is 2.24. The quantitative estimate of drug-likeness (QED) is 0.231. The van der Waals surface area contributed by atoms with Gasteiger partial charge in [0.15, 0.2) is 0 Å². The number of aromatic nitrogens is 1. The van der Waals surface area contributed by atoms with E-state index in [9.17, 15) is 0 Å². The molecule has 172 valence electrons. The largest absolute Gasteiger partial charge is 0.381 e. The Bertz CT molecular complexity index is 1190. The Balaban J connectivity index is 1.73. The highest BCUT2D eigenvalue weighted by Gasteiger charge is 2.13. The number of para-hydroxylation sites is 1. The summed E-state index contributed by atoms with van der Waals surface area (Å²) in [4.78, 5) is 4.63. The Morgan fingerprint density at radius 3 is 2.70 bits per heavy atom. The van der Waals surface area contributed by atoms with Crippen molar-refractivity contribution in [3.63, 3.8) is 0 Å². The minimum absolute atomic E-state index is 0.239. The summed E-state index contributed by atoms with van der Waals surface area (Å²) in [6.45, 7) is 10.5. The first-order chi connectivity index (χ1) is 15.9. The molecule has 0 aliphatic carbocycles. The fourth-order valence-electron chi connectivity index (χ4n) is 3.34. The normalized spacial score (nSPS) is 11.9. The Morgan fingerprint density at radius 2 is 2.00 bits per heavy atom. The zero-order valence-electron chi connectivity index (χ0n) is 19.2. The van der Waals surface area contributed by atoms with Crippen LogP contribution in [0.2, 0.25) is 5.02 Å². The summed E-state index contributed by atoms with van der Waals surface area (Å²) in [5.74, 6) is -0.0661. The van der Waals surface area contributed by atoms with Gasteiger partial charge in [-0.15, -0.1) is 17.1 Å². The topological polar surface area (TPSA) is 37.0 Å². The van der Waals surface area contributed by atoms with Crippen LogP contribution >= 0.6 is 22.9 Å². The molecule has 1 aromatic heterocycles. The Morgan fingerprint density at radius 1 is 1.21 bits per heavy atom. The number of hydrogen-bond donors (Lipinski definition) is 2. The summed E-state index contributed by atoms with van der Waals surface area (Å²) in [6.07, 6.45) is 6.86. The number of benzene rings is 2. The molecule has 0 atom stereocenters. The minimum Gasteiger partial charge on any atom is -0.381 e. The number of rotatable bonds is 10. The number of nitrogens with zero attached hydrogens (tertiary/aromatic N) is 1. The van der Waals surface area contributed by atoms with Gasteiger partial charge < -0.3 is 10.6 Å². The fraction of sp³-hybridized carbons (Fsp3) is 0.259. The lowest BCUT2D eigenvalue weighted by Gasteiger charge is -2.15. The van der Waals surface area contributed by atoms with E-state index in [1.807, 2.05) is 44.2 Å². The van der Waals surface area contributed by atoms with E-state index in [1.54, 1.807) is 23.5 Å². The Labute approximate surface area is 204 Å². The van der Waals surface area contributed by atoms with Gasteiger partial charge in [0.05, 0.1) is 15.9 Å². The van der Waals surface area contributed by atoms with Crippen molar-refractivity contribution < 1.29 is 4.39 Å². The van der Waals surface area contributed by atoms with Crippen molar-refractivity contribution in [2.24, 2.45) is 5.92 Å². The molecule has 1 heterocycles. The predicted octanol–water partition coefficient (Wildman–Crippen LogP) is 7.60. The maximum absolute atomic E-state index is 15.2. The number of halogens is 2. The maximum Gasteiger partial charge on any atom is 0.134 e. The van der Waals surface area contributed by atoms with Gasteiger partial charge in [0.1, 0.15) is 10.8 Å². The van der Waals surface area contributed by atoms with E-state index in [0.717, 1.165) is 33.0 Å². The van der Waals surface area contributed by atoms with Crippen molar-refractivity contribution in [1.29, 1.82) is 0 Å². The molecule has 0 unspecified atom stereocenters. The zero-order valence-corrected chi connectivity index (χ0v) is 20.8. The molecule has 0 fully saturated rings. The molecule has 0 saturated carbocycles. The van der Waals surface area contributed by atoms with E-state index < -0.39 is 0 Å². The first-order valence-corrected chi connectivity index (χ1v) is 12.2. The van der Waals surface area contributed by atoms with E-state index in [2.05, 4.69) is 47.0 Å². The van der Waals surface area contributed by atoms with E-state index in [4.69, 9.17) is 11.6 Å². The monoisotopic (exact) mass is 481 g/mol. The third kappa shape index (κ3) is 6.58. The summed E-state index contributed by atoms with van der Waals surface area (Å²) in [5, 5.41) is 7.87. The Kier molecular flexibility index (Phi) is 8.90. The second-order valence-corrected chi connectivity index (χ2v) is 9.34. The van der Waals surface area contributed by atoms with Crippen LogP contribution in [-0.2, 0) is 13.1 Å². The van der Waals surface area contributed by atoms with Gasteiger partial charge in [0.25, 0.3) is 0 Å². The summed E-state index contributed by atoms with van der Waals surface area (Å²) >= 11 is 7.98. The fourth-order valence-corrected chi connectivity index (χ4v) is 4.42. The Hall–Kier alpha value is -2.85. The number of nitrogens with one attached hydrogen (secondary N) is 2. The summed E-state index contributed by atoms with van der Waals surface area (Å²) < 4.78 is 16.4. The summed E-state index contributed by atoms with van der Waals surface area (Å²) in [7, 11) is 0. The van der Waals surface area contributed by atoms with Gasteiger partial charge in [-0.3, -0.25) is 0 Å². The van der Waals surface area contributed by atoms with Crippen LogP contribution in [0.4, 0.5) is 4.39 Å². The van der Waals surface area contributed by atoms with Gasteiger partial charge in [-0.2, -0.15) is 0 Å². The molecule has 0 amide bonds. The van der Waals surface area contributed by atoms with Gasteiger partial charge in [-0.05, 0) is 36.8 Å². The first kappa shape index (κ1) is 24.8. The lowest BCUT2D eigenvalue weighted by atomic mass is 10.1. The molecule has 0 saturated heterocycles. The summed E-state index contributed by atoms with van der Waals surface area (Å²) in [6, 6.07) is 11.5. The smallest absolute Gasteiger partial charge is 0.134 e. The van der Waals surface area contributed by atoms with Crippen LogP contribution in [0.1, 0.15) is 43.3 Å². The van der Waals surface area contributed by atoms with Crippen molar-refractivity contribution in [3.8, 4) is 0 Å². The van der Waals surface area contributed by atoms with Gasteiger partial charge >= 0.3 is 0 Å². The first-order valence-electron chi connectivity index (χ1n) is 11.0. The molecule has 6 heteroatoms. The van der Waals surface area contributed by atoms with Gasteiger partial charge in [-0.1, -0.05) is 63.2 Å². The maximum atomic E-state index is 15.2. The lowest BCUT2D eigenvalue weighted by molar-refractivity contribution is 0.570. The van der Waals surface area contributed by atoms with Crippen molar-refractivity contribution in [2.45, 2.75) is 40.3 Å². The molecule has 0 spiro atoms. The van der Waals surface area contributed by atoms with Crippen LogP contribution in [0.3, 0.4) is 0 Å². The second-order valence-electron chi connectivity index (χ2n) is 7.87. The van der Waals surface area contributed by atoms with Gasteiger partial charge in [-0.25, -0.2) is 9.37 Å². The van der Waals surface area contributed by atoms with Crippen molar-refractivity contribution in [3.05, 3.63) is 99.2 Å². The molecule has 2 N–H and O–H groups in total. The van der Waals surface area contributed by atoms with Crippen molar-refractivity contribution >= 4 is 39.2 Å². The third-order valence-corrected chi connectivity index (χ3v) is 6.47. The highest BCUT2D eigenvalue weighted by molar-refractivity contribution is 7.19. The van der Waals surface area contributed by atoms with Crippen LogP contribution in [0.5, 0.6) is 0 Å². The molecule has 0 radical (unpaired) electrons. The zero-order chi connectivity index (χ0) is 23.8. The van der Waals surface area contributed by atoms with E-state index in [0.29, 0.717) is 22.7 Å². The molecule has 0 bridgehead atoms. The second kappa shape index (κ2) is 11.9. The van der Waals surface area contributed by atoms with Crippen LogP contribution in [0, 0.1) is 11.7 Å². The van der Waals surface area contributed by atoms with E-state index in [-0.39, 0.29) is 18.3 Å².